The zero-order chi connectivity index (χ0) is 20.6. The molecular weight excluding hydrogens is 369 g/mol. The van der Waals surface area contributed by atoms with Gasteiger partial charge in [-0.05, 0) is 51.5 Å². The predicted octanol–water partition coefficient (Wildman–Crippen LogP) is 3.73. The van der Waals surface area contributed by atoms with Gasteiger partial charge in [0.25, 0.3) is 0 Å². The van der Waals surface area contributed by atoms with Crippen LogP contribution in [0.3, 0.4) is 0 Å². The van der Waals surface area contributed by atoms with Crippen LogP contribution in [0.2, 0.25) is 0 Å². The lowest BCUT2D eigenvalue weighted by Gasteiger charge is -2.22. The first-order valence-electron chi connectivity index (χ1n) is 10.9. The molecule has 3 rings (SSSR count). The van der Waals surface area contributed by atoms with E-state index >= 15 is 0 Å². The van der Waals surface area contributed by atoms with E-state index in [-0.39, 0.29) is 18.5 Å². The zero-order valence-electron chi connectivity index (χ0n) is 17.6. The first-order chi connectivity index (χ1) is 14.0. The fourth-order valence-corrected chi connectivity index (χ4v) is 4.40. The molecule has 1 saturated heterocycles. The smallest absolute Gasteiger partial charge is 0.236 e. The van der Waals surface area contributed by atoms with Gasteiger partial charge in [-0.2, -0.15) is 0 Å². The second-order valence-corrected chi connectivity index (χ2v) is 8.47. The maximum Gasteiger partial charge on any atom is 0.236 e. The number of halogens is 1. The molecule has 2 fully saturated rings. The quantitative estimate of drug-likeness (QED) is 0.388. The van der Waals surface area contributed by atoms with Gasteiger partial charge in [0.2, 0.25) is 5.91 Å². The van der Waals surface area contributed by atoms with E-state index in [1.54, 1.807) is 4.90 Å². The molecule has 1 aromatic rings. The van der Waals surface area contributed by atoms with Crippen molar-refractivity contribution in [3.63, 3.8) is 0 Å². The van der Waals surface area contributed by atoms with Gasteiger partial charge < -0.3 is 15.1 Å². The molecule has 1 aromatic carbocycles. The number of rotatable bonds is 9. The monoisotopic (exact) mass is 403 g/mol. The number of amides is 1. The molecule has 1 aliphatic carbocycles. The average molecular weight is 404 g/mol. The summed E-state index contributed by atoms with van der Waals surface area (Å²) in [5.41, 5.74) is 2.36. The molecule has 1 saturated carbocycles. The largest absolute Gasteiger partial charge is 0.396 e. The molecule has 2 aliphatic rings. The first kappa shape index (κ1) is 21.8. The summed E-state index contributed by atoms with van der Waals surface area (Å²) in [4.78, 5) is 19.5. The van der Waals surface area contributed by atoms with Crippen molar-refractivity contribution in [3.05, 3.63) is 35.9 Å². The van der Waals surface area contributed by atoms with Crippen LogP contribution in [0.4, 0.5) is 4.39 Å². The van der Waals surface area contributed by atoms with Crippen LogP contribution in [-0.2, 0) is 16.1 Å². The van der Waals surface area contributed by atoms with E-state index in [1.165, 1.54) is 5.56 Å². The van der Waals surface area contributed by atoms with E-state index < -0.39 is 6.17 Å². The van der Waals surface area contributed by atoms with Crippen LogP contribution in [0.25, 0.3) is 0 Å². The number of benzene rings is 1. The summed E-state index contributed by atoms with van der Waals surface area (Å²) >= 11 is 0. The molecule has 160 valence electrons. The fraction of sp³-hybridized carbons (Fsp3) is 0.652. The Morgan fingerprint density at radius 1 is 1.28 bits per heavy atom. The molecule has 0 bridgehead atoms. The lowest BCUT2D eigenvalue weighted by atomic mass is 10.0. The Kier molecular flexibility index (Phi) is 8.04. The van der Waals surface area contributed by atoms with Crippen molar-refractivity contribution < 1.29 is 14.0 Å². The Bertz CT molecular complexity index is 682. The summed E-state index contributed by atoms with van der Waals surface area (Å²) in [5, 5.41) is 7.68. The Morgan fingerprint density at radius 2 is 2.07 bits per heavy atom. The number of hydrogen-bond acceptors (Lipinski definition) is 4. The van der Waals surface area contributed by atoms with E-state index in [9.17, 15) is 9.18 Å². The number of carbonyl (C=O) groups is 1. The summed E-state index contributed by atoms with van der Waals surface area (Å²) < 4.78 is 13.5. The molecule has 1 aliphatic heterocycles. The predicted molar refractivity (Wildman–Crippen MR) is 114 cm³/mol. The van der Waals surface area contributed by atoms with Gasteiger partial charge in [0.1, 0.15) is 12.8 Å². The van der Waals surface area contributed by atoms with Gasteiger partial charge in [0, 0.05) is 24.4 Å². The lowest BCUT2D eigenvalue weighted by molar-refractivity contribution is -0.131. The van der Waals surface area contributed by atoms with Crippen molar-refractivity contribution in [1.29, 1.82) is 0 Å². The molecular formula is C23H34FN3O2. The number of hydrogen-bond donors (Lipinski definition) is 1. The lowest BCUT2D eigenvalue weighted by Crippen LogP contribution is -2.42. The maximum absolute atomic E-state index is 13.5. The van der Waals surface area contributed by atoms with Gasteiger partial charge in [-0.1, -0.05) is 35.5 Å². The van der Waals surface area contributed by atoms with Crippen molar-refractivity contribution in [2.75, 3.05) is 19.7 Å². The van der Waals surface area contributed by atoms with Gasteiger partial charge in [-0.3, -0.25) is 4.79 Å². The van der Waals surface area contributed by atoms with Crippen molar-refractivity contribution in [3.8, 4) is 0 Å². The maximum atomic E-state index is 13.5. The highest BCUT2D eigenvalue weighted by Crippen LogP contribution is 2.27. The highest BCUT2D eigenvalue weighted by atomic mass is 19.1. The number of carbonyl (C=O) groups excluding carboxylic acids is 1. The molecule has 5 nitrogen and oxygen atoms in total. The van der Waals surface area contributed by atoms with Crippen molar-refractivity contribution >= 4 is 11.6 Å². The highest BCUT2D eigenvalue weighted by Gasteiger charge is 2.33. The second kappa shape index (κ2) is 10.7. The number of aryl methyl sites for hydroxylation is 1. The van der Waals surface area contributed by atoms with Crippen LogP contribution in [0.1, 0.15) is 51.5 Å². The molecule has 0 radical (unpaired) electrons. The zero-order valence-corrected chi connectivity index (χ0v) is 17.6. The number of oxime groups is 1. The number of nitrogens with one attached hydrogen (secondary N) is 1. The summed E-state index contributed by atoms with van der Waals surface area (Å²) in [6, 6.07) is 10.7. The van der Waals surface area contributed by atoms with Crippen molar-refractivity contribution in [1.82, 2.24) is 10.2 Å². The number of nitrogens with zero attached hydrogens (tertiary/aromatic N) is 2. The molecule has 6 heteroatoms. The van der Waals surface area contributed by atoms with E-state index in [0.717, 1.165) is 37.8 Å². The Balaban J connectivity index is 1.32. The van der Waals surface area contributed by atoms with Gasteiger partial charge in [0.05, 0.1) is 18.8 Å². The van der Waals surface area contributed by atoms with Gasteiger partial charge >= 0.3 is 0 Å². The summed E-state index contributed by atoms with van der Waals surface area (Å²) in [6.45, 7) is 5.10. The molecule has 29 heavy (non-hydrogen) atoms. The molecule has 1 amide bonds. The van der Waals surface area contributed by atoms with Crippen molar-refractivity contribution in [2.24, 2.45) is 11.1 Å². The molecule has 1 heterocycles. The average Bonchev–Trinajstić information content (AvgIpc) is 3.32. The molecule has 0 spiro atoms. The molecule has 1 N–H and O–H groups in total. The third-order valence-corrected chi connectivity index (χ3v) is 6.16. The van der Waals surface area contributed by atoms with Gasteiger partial charge in [-0.25, -0.2) is 4.39 Å². The van der Waals surface area contributed by atoms with Gasteiger partial charge in [-0.15, -0.1) is 0 Å². The standard InChI is InChI=1S/C23H34FN3O2/c1-17-13-21(24)16-27(17)23(28)15-25-22-11-10-20(14-22)18(2)26-29-12-6-9-19-7-4-3-5-8-19/h3-5,7-8,17,20-22,25H,6,9-16H2,1-2H3/b26-18+/t17-,20+,21+,22-/m1/s1. The van der Waals surface area contributed by atoms with Crippen LogP contribution in [-0.4, -0.2) is 54.5 Å². The van der Waals surface area contributed by atoms with Crippen LogP contribution >= 0.6 is 0 Å². The molecule has 0 aromatic heterocycles. The fourth-order valence-electron chi connectivity index (χ4n) is 4.40. The van der Waals surface area contributed by atoms with Crippen LogP contribution in [0.15, 0.2) is 35.5 Å². The van der Waals surface area contributed by atoms with Crippen LogP contribution in [0.5, 0.6) is 0 Å². The first-order valence-corrected chi connectivity index (χ1v) is 10.9. The van der Waals surface area contributed by atoms with E-state index in [1.807, 2.05) is 19.9 Å². The third kappa shape index (κ3) is 6.53. The Hall–Kier alpha value is -1.95. The van der Waals surface area contributed by atoms with E-state index in [2.05, 4.69) is 34.7 Å². The Morgan fingerprint density at radius 3 is 2.79 bits per heavy atom. The SMILES string of the molecule is C/C(=N\OCCCc1ccccc1)[C@H]1CC[C@@H](NCC(=O)N2C[C@@H](F)C[C@H]2C)C1. The summed E-state index contributed by atoms with van der Waals surface area (Å²) in [5.74, 6) is 0.408. The van der Waals surface area contributed by atoms with Gasteiger partial charge in [0.15, 0.2) is 0 Å². The van der Waals surface area contributed by atoms with Crippen molar-refractivity contribution in [2.45, 2.75) is 70.6 Å². The van der Waals surface area contributed by atoms with E-state index in [0.29, 0.717) is 31.5 Å². The van der Waals surface area contributed by atoms with E-state index in [4.69, 9.17) is 4.84 Å². The Labute approximate surface area is 173 Å². The summed E-state index contributed by atoms with van der Waals surface area (Å²) in [6.07, 6.45) is 4.58. The minimum Gasteiger partial charge on any atom is -0.396 e. The normalized spacial score (nSPS) is 27.4. The third-order valence-electron chi connectivity index (χ3n) is 6.16. The second-order valence-electron chi connectivity index (χ2n) is 8.47. The minimum atomic E-state index is -0.878. The number of alkyl halides is 1. The minimum absolute atomic E-state index is 0.00374. The highest BCUT2D eigenvalue weighted by molar-refractivity contribution is 5.84. The molecule has 0 unspecified atom stereocenters. The summed E-state index contributed by atoms with van der Waals surface area (Å²) in [7, 11) is 0. The van der Waals surface area contributed by atoms with Crippen LogP contribution in [0, 0.1) is 5.92 Å². The topological polar surface area (TPSA) is 53.9 Å². The number of likely N-dealkylation sites (tertiary alicyclic amines) is 1. The van der Waals surface area contributed by atoms with Crippen LogP contribution < -0.4 is 5.32 Å². The molecule has 4 atom stereocenters.